The van der Waals surface area contributed by atoms with Crippen LogP contribution in [0.15, 0.2) is 84.9 Å². The molecule has 35 heavy (non-hydrogen) atoms. The summed E-state index contributed by atoms with van der Waals surface area (Å²) in [6.45, 7) is 6.70. The van der Waals surface area contributed by atoms with Gasteiger partial charge in [-0.25, -0.2) is 0 Å². The Bertz CT molecular complexity index is 1520. The van der Waals surface area contributed by atoms with E-state index in [2.05, 4.69) is 108 Å². The highest BCUT2D eigenvalue weighted by Crippen LogP contribution is 2.33. The highest BCUT2D eigenvalue weighted by molar-refractivity contribution is 6.09. The van der Waals surface area contributed by atoms with Crippen molar-refractivity contribution in [1.29, 1.82) is 0 Å². The predicted octanol–water partition coefficient (Wildman–Crippen LogP) is 9.09. The summed E-state index contributed by atoms with van der Waals surface area (Å²) >= 11 is 0. The molecule has 0 spiro atoms. The molecule has 176 valence electrons. The maximum absolute atomic E-state index is 2.51. The minimum Gasteiger partial charge on any atom is -0.340 e. The molecular formula is C33H34N2. The monoisotopic (exact) mass is 458 g/mol. The normalized spacial score (nSPS) is 11.9. The van der Waals surface area contributed by atoms with Crippen LogP contribution in [0.5, 0.6) is 0 Å². The molecule has 0 aliphatic heterocycles. The van der Waals surface area contributed by atoms with E-state index in [1.165, 1.54) is 80.4 Å². The van der Waals surface area contributed by atoms with Crippen molar-refractivity contribution in [3.05, 3.63) is 96.1 Å². The van der Waals surface area contributed by atoms with E-state index in [9.17, 15) is 0 Å². The summed E-state index contributed by atoms with van der Waals surface area (Å²) in [6.07, 6.45) is 5.80. The Morgan fingerprint density at radius 2 is 0.914 bits per heavy atom. The van der Waals surface area contributed by atoms with Crippen molar-refractivity contribution in [2.24, 2.45) is 0 Å². The van der Waals surface area contributed by atoms with Crippen LogP contribution in [-0.2, 0) is 19.5 Å². The summed E-state index contributed by atoms with van der Waals surface area (Å²) in [5.74, 6) is 0. The molecule has 4 aromatic carbocycles. The van der Waals surface area contributed by atoms with Gasteiger partial charge >= 0.3 is 0 Å². The average molecular weight is 459 g/mol. The van der Waals surface area contributed by atoms with Crippen LogP contribution in [0.4, 0.5) is 0 Å². The van der Waals surface area contributed by atoms with E-state index in [0.29, 0.717) is 0 Å². The van der Waals surface area contributed by atoms with Crippen LogP contribution in [0.25, 0.3) is 43.6 Å². The topological polar surface area (TPSA) is 9.86 Å². The minimum absolute atomic E-state index is 0.953. The molecule has 2 heteroatoms. The summed E-state index contributed by atoms with van der Waals surface area (Å²) in [5, 5.41) is 5.50. The standard InChI is InChI=1S/C33H34N2/c1-3-5-19-34-30-13-9-7-11-26(30)28-22-24(15-17-32(28)34)21-25-16-18-33-29(23-25)27-12-8-10-14-31(27)35(33)20-6-4-2/h7-18,22-23H,3-6,19-21H2,1-2H3. The SMILES string of the molecule is CCCCn1c2ccccc2c2cc(Cc3ccc4c(c3)c3ccccc3n4CCCC)ccc21. The van der Waals surface area contributed by atoms with Crippen LogP contribution < -0.4 is 0 Å². The highest BCUT2D eigenvalue weighted by Gasteiger charge is 2.13. The summed E-state index contributed by atoms with van der Waals surface area (Å²) in [5.41, 5.74) is 8.19. The second-order valence-corrected chi connectivity index (χ2v) is 9.92. The number of hydrogen-bond donors (Lipinski definition) is 0. The van der Waals surface area contributed by atoms with Gasteiger partial charge in [0.05, 0.1) is 0 Å². The molecule has 0 aliphatic carbocycles. The van der Waals surface area contributed by atoms with Crippen molar-refractivity contribution in [2.45, 2.75) is 59.0 Å². The summed E-state index contributed by atoms with van der Waals surface area (Å²) in [4.78, 5) is 0. The number of rotatable bonds is 8. The Morgan fingerprint density at radius 1 is 0.486 bits per heavy atom. The fourth-order valence-electron chi connectivity index (χ4n) is 5.77. The number of hydrogen-bond acceptors (Lipinski definition) is 0. The predicted molar refractivity (Wildman–Crippen MR) is 152 cm³/mol. The van der Waals surface area contributed by atoms with Crippen LogP contribution in [0, 0.1) is 0 Å². The largest absolute Gasteiger partial charge is 0.340 e. The molecule has 0 N–H and O–H groups in total. The number of nitrogens with zero attached hydrogens (tertiary/aromatic N) is 2. The van der Waals surface area contributed by atoms with E-state index in [-0.39, 0.29) is 0 Å². The van der Waals surface area contributed by atoms with Gasteiger partial charge in [0.15, 0.2) is 0 Å². The molecular weight excluding hydrogens is 424 g/mol. The van der Waals surface area contributed by atoms with Gasteiger partial charge in [0.2, 0.25) is 0 Å². The smallest absolute Gasteiger partial charge is 0.0491 e. The molecule has 2 heterocycles. The number of unbranched alkanes of at least 4 members (excludes halogenated alkanes) is 2. The van der Waals surface area contributed by atoms with Crippen LogP contribution in [0.3, 0.4) is 0 Å². The molecule has 2 aromatic heterocycles. The highest BCUT2D eigenvalue weighted by atomic mass is 15.0. The molecule has 0 aliphatic rings. The second-order valence-electron chi connectivity index (χ2n) is 9.92. The maximum atomic E-state index is 2.51. The quantitative estimate of drug-likeness (QED) is 0.215. The Morgan fingerprint density at radius 3 is 1.37 bits per heavy atom. The number of fused-ring (bicyclic) bond motifs is 6. The zero-order chi connectivity index (χ0) is 23.8. The van der Waals surface area contributed by atoms with E-state index < -0.39 is 0 Å². The van der Waals surface area contributed by atoms with Crippen molar-refractivity contribution in [2.75, 3.05) is 0 Å². The number of aryl methyl sites for hydroxylation is 2. The third-order valence-electron chi connectivity index (χ3n) is 7.55. The third kappa shape index (κ3) is 3.82. The average Bonchev–Trinajstić information content (AvgIpc) is 3.38. The Balaban J connectivity index is 1.41. The first kappa shape index (κ1) is 22.0. The molecule has 0 unspecified atom stereocenters. The zero-order valence-corrected chi connectivity index (χ0v) is 20.9. The minimum atomic E-state index is 0.953. The van der Waals surface area contributed by atoms with E-state index >= 15 is 0 Å². The maximum Gasteiger partial charge on any atom is 0.0491 e. The molecule has 0 atom stereocenters. The van der Waals surface area contributed by atoms with Gasteiger partial charge in [0.25, 0.3) is 0 Å². The lowest BCUT2D eigenvalue weighted by molar-refractivity contribution is 0.665. The van der Waals surface area contributed by atoms with Gasteiger partial charge in [0.1, 0.15) is 0 Å². The van der Waals surface area contributed by atoms with Crippen LogP contribution in [-0.4, -0.2) is 9.13 Å². The Kier molecular flexibility index (Phi) is 5.82. The van der Waals surface area contributed by atoms with Gasteiger partial charge in [-0.05, 0) is 66.8 Å². The number of para-hydroxylation sites is 2. The van der Waals surface area contributed by atoms with E-state index in [1.54, 1.807) is 0 Å². The van der Waals surface area contributed by atoms with E-state index in [1.807, 2.05) is 0 Å². The number of aromatic nitrogens is 2. The molecule has 0 bridgehead atoms. The summed E-state index contributed by atoms with van der Waals surface area (Å²) < 4.78 is 5.02. The van der Waals surface area contributed by atoms with Crippen molar-refractivity contribution in [1.82, 2.24) is 9.13 Å². The molecule has 0 fully saturated rings. The second kappa shape index (κ2) is 9.26. The molecule has 6 aromatic rings. The van der Waals surface area contributed by atoms with Crippen molar-refractivity contribution in [3.63, 3.8) is 0 Å². The molecule has 0 amide bonds. The van der Waals surface area contributed by atoms with E-state index in [4.69, 9.17) is 0 Å². The lowest BCUT2D eigenvalue weighted by Gasteiger charge is -2.08. The van der Waals surface area contributed by atoms with Gasteiger partial charge in [-0.1, -0.05) is 75.2 Å². The zero-order valence-electron chi connectivity index (χ0n) is 20.9. The van der Waals surface area contributed by atoms with Crippen LogP contribution in [0.1, 0.15) is 50.7 Å². The Labute approximate surface area is 207 Å². The van der Waals surface area contributed by atoms with Gasteiger partial charge < -0.3 is 9.13 Å². The van der Waals surface area contributed by atoms with Gasteiger partial charge in [-0.2, -0.15) is 0 Å². The van der Waals surface area contributed by atoms with Crippen molar-refractivity contribution < 1.29 is 0 Å². The summed E-state index contributed by atoms with van der Waals surface area (Å²) in [6, 6.07) is 32.0. The van der Waals surface area contributed by atoms with Gasteiger partial charge in [-0.3, -0.25) is 0 Å². The molecule has 0 saturated carbocycles. The third-order valence-corrected chi connectivity index (χ3v) is 7.55. The molecule has 6 rings (SSSR count). The molecule has 0 saturated heterocycles. The molecule has 0 radical (unpaired) electrons. The fourth-order valence-corrected chi connectivity index (χ4v) is 5.77. The first-order chi connectivity index (χ1) is 17.3. The van der Waals surface area contributed by atoms with Crippen LogP contribution in [0.2, 0.25) is 0 Å². The summed E-state index contributed by atoms with van der Waals surface area (Å²) in [7, 11) is 0. The lowest BCUT2D eigenvalue weighted by Crippen LogP contribution is -1.97. The fraction of sp³-hybridized carbons (Fsp3) is 0.273. The first-order valence-electron chi connectivity index (χ1n) is 13.3. The molecule has 2 nitrogen and oxygen atoms in total. The van der Waals surface area contributed by atoms with Gasteiger partial charge in [-0.15, -0.1) is 0 Å². The number of benzene rings is 4. The van der Waals surface area contributed by atoms with Gasteiger partial charge in [0, 0.05) is 56.7 Å². The van der Waals surface area contributed by atoms with E-state index in [0.717, 1.165) is 19.5 Å². The van der Waals surface area contributed by atoms with Crippen molar-refractivity contribution >= 4 is 43.6 Å². The van der Waals surface area contributed by atoms with Crippen LogP contribution >= 0.6 is 0 Å². The first-order valence-corrected chi connectivity index (χ1v) is 13.3. The lowest BCUT2D eigenvalue weighted by atomic mass is 10.0. The van der Waals surface area contributed by atoms with Crippen molar-refractivity contribution in [3.8, 4) is 0 Å². The Hall–Kier alpha value is -3.52.